The average Bonchev–Trinajstić information content (AvgIpc) is 3.05. The van der Waals surface area contributed by atoms with Crippen molar-refractivity contribution >= 4 is 11.6 Å². The Morgan fingerprint density at radius 3 is 2.61 bits per heavy atom. The van der Waals surface area contributed by atoms with Gasteiger partial charge in [0.1, 0.15) is 0 Å². The number of piperazine rings is 1. The van der Waals surface area contributed by atoms with E-state index in [4.69, 9.17) is 4.74 Å². The first-order chi connectivity index (χ1) is 11.2. The summed E-state index contributed by atoms with van der Waals surface area (Å²) < 4.78 is 5.35. The van der Waals surface area contributed by atoms with E-state index in [1.165, 1.54) is 11.3 Å². The Morgan fingerprint density at radius 1 is 1.26 bits per heavy atom. The van der Waals surface area contributed by atoms with Crippen molar-refractivity contribution in [3.8, 4) is 0 Å². The zero-order valence-electron chi connectivity index (χ0n) is 14.2. The van der Waals surface area contributed by atoms with Gasteiger partial charge in [0.2, 0.25) is 5.91 Å². The third-order valence-electron chi connectivity index (χ3n) is 5.14. The van der Waals surface area contributed by atoms with E-state index in [1.54, 1.807) is 7.11 Å². The summed E-state index contributed by atoms with van der Waals surface area (Å²) in [7, 11) is 1.68. The van der Waals surface area contributed by atoms with Gasteiger partial charge < -0.3 is 19.9 Å². The highest BCUT2D eigenvalue weighted by atomic mass is 16.5. The lowest BCUT2D eigenvalue weighted by atomic mass is 9.86. The molecule has 2 heterocycles. The Kier molecular flexibility index (Phi) is 4.87. The fourth-order valence-corrected chi connectivity index (χ4v) is 3.79. The zero-order chi connectivity index (χ0) is 16.3. The third-order valence-corrected chi connectivity index (χ3v) is 5.14. The van der Waals surface area contributed by atoms with Crippen molar-refractivity contribution in [2.45, 2.75) is 13.3 Å². The minimum absolute atomic E-state index is 0.258. The maximum Gasteiger partial charge on any atom is 0.232 e. The van der Waals surface area contributed by atoms with Crippen molar-refractivity contribution < 1.29 is 9.53 Å². The number of hydrogen-bond donors (Lipinski definition) is 1. The van der Waals surface area contributed by atoms with Gasteiger partial charge in [0, 0.05) is 45.5 Å². The van der Waals surface area contributed by atoms with Crippen LogP contribution < -0.4 is 10.2 Å². The molecule has 2 saturated heterocycles. The molecular weight excluding hydrogens is 290 g/mol. The Morgan fingerprint density at radius 2 is 2.00 bits per heavy atom. The van der Waals surface area contributed by atoms with E-state index in [0.717, 1.165) is 45.7 Å². The number of nitrogens with one attached hydrogen (secondary N) is 1. The molecule has 2 fully saturated rings. The SMILES string of the molecule is COCC1(C(=O)N2CCN(c3ccccc3C)CC2)CCNC1. The van der Waals surface area contributed by atoms with Crippen LogP contribution in [0, 0.1) is 12.3 Å². The monoisotopic (exact) mass is 317 g/mol. The molecular formula is C18H27N3O2. The van der Waals surface area contributed by atoms with E-state index in [2.05, 4.69) is 41.4 Å². The first kappa shape index (κ1) is 16.3. The lowest BCUT2D eigenvalue weighted by molar-refractivity contribution is -0.144. The molecule has 0 aromatic heterocycles. The van der Waals surface area contributed by atoms with Crippen LogP contribution in [0.4, 0.5) is 5.69 Å². The van der Waals surface area contributed by atoms with Crippen LogP contribution in [0.25, 0.3) is 0 Å². The smallest absolute Gasteiger partial charge is 0.232 e. The topological polar surface area (TPSA) is 44.8 Å². The first-order valence-corrected chi connectivity index (χ1v) is 8.46. The maximum atomic E-state index is 13.0. The summed E-state index contributed by atoms with van der Waals surface area (Å²) in [5, 5.41) is 3.32. The van der Waals surface area contributed by atoms with Gasteiger partial charge in [0.25, 0.3) is 0 Å². The van der Waals surface area contributed by atoms with E-state index in [9.17, 15) is 4.79 Å². The molecule has 5 heteroatoms. The van der Waals surface area contributed by atoms with Gasteiger partial charge in [0.15, 0.2) is 0 Å². The summed E-state index contributed by atoms with van der Waals surface area (Å²) in [6.07, 6.45) is 0.873. The van der Waals surface area contributed by atoms with Gasteiger partial charge in [-0.25, -0.2) is 0 Å². The lowest BCUT2D eigenvalue weighted by Crippen LogP contribution is -2.55. The average molecular weight is 317 g/mol. The number of para-hydroxylation sites is 1. The van der Waals surface area contributed by atoms with E-state index >= 15 is 0 Å². The van der Waals surface area contributed by atoms with E-state index in [0.29, 0.717) is 6.61 Å². The standard InChI is InChI=1S/C18H27N3O2/c1-15-5-3-4-6-16(15)20-9-11-21(12-10-20)17(22)18(14-23-2)7-8-19-13-18/h3-6,19H,7-14H2,1-2H3. The normalized spacial score (nSPS) is 25.0. The number of hydrogen-bond acceptors (Lipinski definition) is 4. The number of rotatable bonds is 4. The van der Waals surface area contributed by atoms with Gasteiger partial charge in [-0.1, -0.05) is 18.2 Å². The molecule has 0 aliphatic carbocycles. The minimum atomic E-state index is -0.362. The Balaban J connectivity index is 1.64. The Bertz CT molecular complexity index is 547. The lowest BCUT2D eigenvalue weighted by Gasteiger charge is -2.40. The van der Waals surface area contributed by atoms with Crippen molar-refractivity contribution in [1.82, 2.24) is 10.2 Å². The van der Waals surface area contributed by atoms with Crippen molar-refractivity contribution in [1.29, 1.82) is 0 Å². The summed E-state index contributed by atoms with van der Waals surface area (Å²) in [6, 6.07) is 8.46. The second kappa shape index (κ2) is 6.89. The molecule has 5 nitrogen and oxygen atoms in total. The molecule has 0 radical (unpaired) electrons. The van der Waals surface area contributed by atoms with Crippen LogP contribution in [0.5, 0.6) is 0 Å². The summed E-state index contributed by atoms with van der Waals surface area (Å²) in [5.41, 5.74) is 2.22. The fraction of sp³-hybridized carbons (Fsp3) is 0.611. The van der Waals surface area contributed by atoms with Gasteiger partial charge in [-0.15, -0.1) is 0 Å². The van der Waals surface area contributed by atoms with Gasteiger partial charge in [0.05, 0.1) is 12.0 Å². The van der Waals surface area contributed by atoms with Crippen LogP contribution in [0.3, 0.4) is 0 Å². The van der Waals surface area contributed by atoms with Crippen molar-refractivity contribution in [3.63, 3.8) is 0 Å². The van der Waals surface area contributed by atoms with Crippen LogP contribution in [-0.2, 0) is 9.53 Å². The number of benzene rings is 1. The number of methoxy groups -OCH3 is 1. The third kappa shape index (κ3) is 3.21. The molecule has 2 aliphatic rings. The quantitative estimate of drug-likeness (QED) is 0.908. The molecule has 1 unspecified atom stereocenters. The highest BCUT2D eigenvalue weighted by molar-refractivity contribution is 5.84. The predicted molar refractivity (Wildman–Crippen MR) is 91.8 cm³/mol. The minimum Gasteiger partial charge on any atom is -0.384 e. The molecule has 0 spiro atoms. The van der Waals surface area contributed by atoms with Gasteiger partial charge >= 0.3 is 0 Å². The number of aryl methyl sites for hydroxylation is 1. The summed E-state index contributed by atoms with van der Waals surface area (Å²) in [4.78, 5) is 17.4. The molecule has 1 amide bonds. The number of amides is 1. The summed E-state index contributed by atoms with van der Waals surface area (Å²) >= 11 is 0. The van der Waals surface area contributed by atoms with E-state index < -0.39 is 0 Å². The molecule has 1 aromatic carbocycles. The first-order valence-electron chi connectivity index (χ1n) is 8.46. The second-order valence-corrected chi connectivity index (χ2v) is 6.71. The van der Waals surface area contributed by atoms with E-state index in [1.807, 2.05) is 4.90 Å². The number of ether oxygens (including phenoxy) is 1. The molecule has 2 aliphatic heterocycles. The molecule has 1 aromatic rings. The van der Waals surface area contributed by atoms with Gasteiger partial charge in [-0.2, -0.15) is 0 Å². The van der Waals surface area contributed by atoms with Crippen molar-refractivity contribution in [2.75, 3.05) is 57.9 Å². The van der Waals surface area contributed by atoms with Crippen LogP contribution in [0.2, 0.25) is 0 Å². The van der Waals surface area contributed by atoms with Crippen LogP contribution >= 0.6 is 0 Å². The maximum absolute atomic E-state index is 13.0. The van der Waals surface area contributed by atoms with Crippen LogP contribution in [-0.4, -0.2) is 63.8 Å². The van der Waals surface area contributed by atoms with E-state index in [-0.39, 0.29) is 11.3 Å². The number of carbonyl (C=O) groups excluding carboxylic acids is 1. The molecule has 0 saturated carbocycles. The molecule has 3 rings (SSSR count). The molecule has 23 heavy (non-hydrogen) atoms. The predicted octanol–water partition coefficient (Wildman–Crippen LogP) is 1.27. The second-order valence-electron chi connectivity index (χ2n) is 6.71. The largest absolute Gasteiger partial charge is 0.384 e. The highest BCUT2D eigenvalue weighted by Gasteiger charge is 2.44. The molecule has 0 bridgehead atoms. The van der Waals surface area contributed by atoms with Crippen LogP contribution in [0.15, 0.2) is 24.3 Å². The summed E-state index contributed by atoms with van der Waals surface area (Å²) in [5.74, 6) is 0.258. The molecule has 1 N–H and O–H groups in total. The number of nitrogens with zero attached hydrogens (tertiary/aromatic N) is 2. The van der Waals surface area contributed by atoms with Crippen molar-refractivity contribution in [2.24, 2.45) is 5.41 Å². The van der Waals surface area contributed by atoms with Gasteiger partial charge in [-0.05, 0) is 31.5 Å². The number of carbonyl (C=O) groups is 1. The molecule has 1 atom stereocenters. The molecule has 126 valence electrons. The summed E-state index contributed by atoms with van der Waals surface area (Å²) in [6.45, 7) is 7.66. The van der Waals surface area contributed by atoms with Crippen LogP contribution in [0.1, 0.15) is 12.0 Å². The highest BCUT2D eigenvalue weighted by Crippen LogP contribution is 2.30. The Hall–Kier alpha value is -1.59. The Labute approximate surface area is 138 Å². The fourth-order valence-electron chi connectivity index (χ4n) is 3.79. The number of anilines is 1. The zero-order valence-corrected chi connectivity index (χ0v) is 14.2. The van der Waals surface area contributed by atoms with Gasteiger partial charge in [-0.3, -0.25) is 4.79 Å². The van der Waals surface area contributed by atoms with Crippen molar-refractivity contribution in [3.05, 3.63) is 29.8 Å².